The van der Waals surface area contributed by atoms with E-state index in [-0.39, 0.29) is 5.28 Å². The van der Waals surface area contributed by atoms with Crippen LogP contribution in [0.4, 0.5) is 11.9 Å². The summed E-state index contributed by atoms with van der Waals surface area (Å²) in [6, 6.07) is 0. The van der Waals surface area contributed by atoms with Crippen molar-refractivity contribution in [2.45, 2.75) is 32.1 Å². The quantitative estimate of drug-likeness (QED) is 0.847. The third kappa shape index (κ3) is 3.70. The SMILES string of the molecule is CNc1nc(Cl)nc(NCCC2CCCC2)n1. The first-order valence-corrected chi connectivity index (χ1v) is 6.49. The fourth-order valence-corrected chi connectivity index (χ4v) is 2.39. The Bertz CT molecular complexity index is 365. The molecule has 0 atom stereocenters. The summed E-state index contributed by atoms with van der Waals surface area (Å²) < 4.78 is 0. The molecule has 0 radical (unpaired) electrons. The van der Waals surface area contributed by atoms with Gasteiger partial charge in [-0.1, -0.05) is 25.7 Å². The molecule has 0 amide bonds. The number of nitrogens with zero attached hydrogens (tertiary/aromatic N) is 3. The molecule has 0 spiro atoms. The number of hydrogen-bond donors (Lipinski definition) is 2. The fourth-order valence-electron chi connectivity index (χ4n) is 2.23. The van der Waals surface area contributed by atoms with Gasteiger partial charge >= 0.3 is 0 Å². The molecule has 17 heavy (non-hydrogen) atoms. The van der Waals surface area contributed by atoms with Crippen molar-refractivity contribution in [2.75, 3.05) is 24.2 Å². The maximum absolute atomic E-state index is 5.79. The lowest BCUT2D eigenvalue weighted by atomic mass is 10.0. The lowest BCUT2D eigenvalue weighted by molar-refractivity contribution is 0.518. The van der Waals surface area contributed by atoms with Gasteiger partial charge in [-0.2, -0.15) is 15.0 Å². The molecule has 1 saturated carbocycles. The van der Waals surface area contributed by atoms with E-state index < -0.39 is 0 Å². The largest absolute Gasteiger partial charge is 0.357 e. The van der Waals surface area contributed by atoms with Gasteiger partial charge < -0.3 is 10.6 Å². The van der Waals surface area contributed by atoms with Gasteiger partial charge in [0.05, 0.1) is 0 Å². The van der Waals surface area contributed by atoms with Crippen molar-refractivity contribution in [3.8, 4) is 0 Å². The predicted molar refractivity (Wildman–Crippen MR) is 69.4 cm³/mol. The summed E-state index contributed by atoms with van der Waals surface area (Å²) in [4.78, 5) is 12.2. The molecule has 6 heteroatoms. The van der Waals surface area contributed by atoms with Crippen molar-refractivity contribution in [3.05, 3.63) is 5.28 Å². The van der Waals surface area contributed by atoms with Crippen LogP contribution in [0.25, 0.3) is 0 Å². The minimum atomic E-state index is 0.215. The van der Waals surface area contributed by atoms with Gasteiger partial charge in [-0.3, -0.25) is 0 Å². The second kappa shape index (κ2) is 6.00. The van der Waals surface area contributed by atoms with Crippen molar-refractivity contribution >= 4 is 23.5 Å². The van der Waals surface area contributed by atoms with E-state index in [2.05, 4.69) is 25.6 Å². The van der Waals surface area contributed by atoms with Crippen molar-refractivity contribution in [1.82, 2.24) is 15.0 Å². The summed E-state index contributed by atoms with van der Waals surface area (Å²) in [5, 5.41) is 6.27. The predicted octanol–water partition coefficient (Wildman–Crippen LogP) is 2.56. The molecule has 1 heterocycles. The minimum absolute atomic E-state index is 0.215. The highest BCUT2D eigenvalue weighted by atomic mass is 35.5. The fraction of sp³-hybridized carbons (Fsp3) is 0.727. The molecule has 0 unspecified atom stereocenters. The van der Waals surface area contributed by atoms with E-state index in [1.54, 1.807) is 7.05 Å². The zero-order chi connectivity index (χ0) is 12.1. The zero-order valence-corrected chi connectivity index (χ0v) is 10.8. The Kier molecular flexibility index (Phi) is 4.36. The van der Waals surface area contributed by atoms with E-state index in [1.165, 1.54) is 32.1 Å². The topological polar surface area (TPSA) is 62.7 Å². The van der Waals surface area contributed by atoms with Crippen LogP contribution in [0.3, 0.4) is 0 Å². The maximum Gasteiger partial charge on any atom is 0.228 e. The monoisotopic (exact) mass is 255 g/mol. The molecule has 2 N–H and O–H groups in total. The molecule has 0 aliphatic heterocycles. The first-order chi connectivity index (χ1) is 8.28. The number of rotatable bonds is 5. The molecule has 2 rings (SSSR count). The highest BCUT2D eigenvalue weighted by Gasteiger charge is 2.14. The number of aromatic nitrogens is 3. The molecule has 0 aromatic carbocycles. The maximum atomic E-state index is 5.79. The van der Waals surface area contributed by atoms with Gasteiger partial charge in [0.15, 0.2) is 0 Å². The Labute approximate surface area is 106 Å². The summed E-state index contributed by atoms with van der Waals surface area (Å²) in [6.45, 7) is 0.897. The lowest BCUT2D eigenvalue weighted by Crippen LogP contribution is -2.10. The Hall–Kier alpha value is -1.10. The van der Waals surface area contributed by atoms with Crippen LogP contribution in [0.2, 0.25) is 5.28 Å². The standard InChI is InChI=1S/C11H18ClN5/c1-13-10-15-9(12)16-11(17-10)14-7-6-8-4-2-3-5-8/h8H,2-7H2,1H3,(H2,13,14,15,16,17). The van der Waals surface area contributed by atoms with E-state index in [0.717, 1.165) is 12.5 Å². The van der Waals surface area contributed by atoms with Gasteiger partial charge in [0.25, 0.3) is 0 Å². The highest BCUT2D eigenvalue weighted by molar-refractivity contribution is 6.28. The summed E-state index contributed by atoms with van der Waals surface area (Å²) in [5.74, 6) is 1.91. The van der Waals surface area contributed by atoms with Gasteiger partial charge in [0.1, 0.15) is 0 Å². The number of nitrogens with one attached hydrogen (secondary N) is 2. The van der Waals surface area contributed by atoms with Gasteiger partial charge in [-0.25, -0.2) is 0 Å². The molecular formula is C11H18ClN5. The summed E-state index contributed by atoms with van der Waals surface area (Å²) >= 11 is 5.79. The van der Waals surface area contributed by atoms with Crippen LogP contribution in [0, 0.1) is 5.92 Å². The Balaban J connectivity index is 1.83. The smallest absolute Gasteiger partial charge is 0.228 e. The van der Waals surface area contributed by atoms with Crippen LogP contribution >= 0.6 is 11.6 Å². The van der Waals surface area contributed by atoms with E-state index in [1.807, 2.05) is 0 Å². The second-order valence-corrected chi connectivity index (χ2v) is 4.71. The molecule has 1 aromatic rings. The zero-order valence-electron chi connectivity index (χ0n) is 10.0. The van der Waals surface area contributed by atoms with Gasteiger partial charge in [0.2, 0.25) is 17.2 Å². The van der Waals surface area contributed by atoms with Crippen molar-refractivity contribution in [2.24, 2.45) is 5.92 Å². The molecule has 0 saturated heterocycles. The van der Waals surface area contributed by atoms with Gasteiger partial charge in [-0.05, 0) is 23.9 Å². The van der Waals surface area contributed by atoms with Crippen LogP contribution in [0.1, 0.15) is 32.1 Å². The molecule has 1 aliphatic rings. The molecule has 94 valence electrons. The minimum Gasteiger partial charge on any atom is -0.357 e. The Morgan fingerprint density at radius 3 is 2.59 bits per heavy atom. The van der Waals surface area contributed by atoms with Crippen LogP contribution in [0.5, 0.6) is 0 Å². The van der Waals surface area contributed by atoms with Crippen molar-refractivity contribution in [3.63, 3.8) is 0 Å². The summed E-state index contributed by atoms with van der Waals surface area (Å²) in [6.07, 6.45) is 6.67. The molecule has 0 bridgehead atoms. The average Bonchev–Trinajstić information content (AvgIpc) is 2.81. The highest BCUT2D eigenvalue weighted by Crippen LogP contribution is 2.27. The van der Waals surface area contributed by atoms with Crippen LogP contribution in [-0.2, 0) is 0 Å². The van der Waals surface area contributed by atoms with Gasteiger partial charge in [-0.15, -0.1) is 0 Å². The van der Waals surface area contributed by atoms with Crippen LogP contribution in [0.15, 0.2) is 0 Å². The number of hydrogen-bond acceptors (Lipinski definition) is 5. The summed E-state index contributed by atoms with van der Waals surface area (Å²) in [5.41, 5.74) is 0. The average molecular weight is 256 g/mol. The second-order valence-electron chi connectivity index (χ2n) is 4.37. The van der Waals surface area contributed by atoms with E-state index in [0.29, 0.717) is 11.9 Å². The number of halogens is 1. The van der Waals surface area contributed by atoms with Crippen LogP contribution in [-0.4, -0.2) is 28.5 Å². The first kappa shape index (κ1) is 12.4. The molecular weight excluding hydrogens is 238 g/mol. The normalized spacial score (nSPS) is 16.1. The molecule has 1 fully saturated rings. The first-order valence-electron chi connectivity index (χ1n) is 6.11. The molecule has 1 aliphatic carbocycles. The number of anilines is 2. The third-order valence-corrected chi connectivity index (χ3v) is 3.31. The lowest BCUT2D eigenvalue weighted by Gasteiger charge is -2.10. The van der Waals surface area contributed by atoms with Crippen molar-refractivity contribution < 1.29 is 0 Å². The van der Waals surface area contributed by atoms with E-state index >= 15 is 0 Å². The van der Waals surface area contributed by atoms with E-state index in [9.17, 15) is 0 Å². The van der Waals surface area contributed by atoms with E-state index in [4.69, 9.17) is 11.6 Å². The summed E-state index contributed by atoms with van der Waals surface area (Å²) in [7, 11) is 1.76. The van der Waals surface area contributed by atoms with Gasteiger partial charge in [0, 0.05) is 13.6 Å². The Morgan fingerprint density at radius 2 is 1.88 bits per heavy atom. The molecule has 5 nitrogen and oxygen atoms in total. The Morgan fingerprint density at radius 1 is 1.18 bits per heavy atom. The van der Waals surface area contributed by atoms with Crippen LogP contribution < -0.4 is 10.6 Å². The molecule has 1 aromatic heterocycles. The van der Waals surface area contributed by atoms with Crippen molar-refractivity contribution in [1.29, 1.82) is 0 Å². The third-order valence-electron chi connectivity index (χ3n) is 3.14.